The number of aromatic amines is 1. The lowest BCUT2D eigenvalue weighted by atomic mass is 9.83. The second-order valence-corrected chi connectivity index (χ2v) is 12.6. The number of benzene rings is 3. The van der Waals surface area contributed by atoms with E-state index >= 15 is 0 Å². The highest BCUT2D eigenvalue weighted by atomic mass is 32.2. The highest BCUT2D eigenvalue weighted by molar-refractivity contribution is 8.00. The van der Waals surface area contributed by atoms with Crippen LogP contribution in [0.1, 0.15) is 28.8 Å². The van der Waals surface area contributed by atoms with E-state index in [9.17, 15) is 32.3 Å². The third-order valence-electron chi connectivity index (χ3n) is 7.65. The van der Waals surface area contributed by atoms with Gasteiger partial charge in [0.1, 0.15) is 11.0 Å². The van der Waals surface area contributed by atoms with Gasteiger partial charge in [-0.2, -0.15) is 13.2 Å². The zero-order valence-electron chi connectivity index (χ0n) is 24.8. The Kier molecular flexibility index (Phi) is 8.76. The lowest BCUT2D eigenvalue weighted by Gasteiger charge is -2.30. The fourth-order valence-electron chi connectivity index (χ4n) is 5.64. The maximum atomic E-state index is 14.0. The summed E-state index contributed by atoms with van der Waals surface area (Å²) in [6.07, 6.45) is -4.66. The Balaban J connectivity index is 1.29. The van der Waals surface area contributed by atoms with E-state index in [1.165, 1.54) is 25.3 Å². The van der Waals surface area contributed by atoms with Crippen molar-refractivity contribution >= 4 is 52.2 Å². The Labute approximate surface area is 273 Å². The number of anilines is 2. The molecule has 0 saturated carbocycles. The summed E-state index contributed by atoms with van der Waals surface area (Å²) in [5, 5.41) is 1.91. The van der Waals surface area contributed by atoms with Crippen LogP contribution in [0.25, 0.3) is 0 Å². The Morgan fingerprint density at radius 3 is 2.43 bits per heavy atom. The van der Waals surface area contributed by atoms with Gasteiger partial charge < -0.3 is 24.5 Å². The minimum atomic E-state index is -4.66. The maximum absolute atomic E-state index is 14.0. The van der Waals surface area contributed by atoms with Gasteiger partial charge in [-0.3, -0.25) is 19.2 Å². The number of halogens is 3. The number of imide groups is 1. The molecular formula is C32H26F3N3O7S2. The maximum Gasteiger partial charge on any atom is 0.418 e. The van der Waals surface area contributed by atoms with Gasteiger partial charge in [0.05, 0.1) is 41.6 Å². The average Bonchev–Trinajstić information content (AvgIpc) is 3.54. The molecule has 1 aromatic heterocycles. The molecule has 10 nitrogen and oxygen atoms in total. The predicted octanol–water partition coefficient (Wildman–Crippen LogP) is 5.68. The lowest BCUT2D eigenvalue weighted by Crippen LogP contribution is -2.32. The average molecular weight is 686 g/mol. The number of thioether (sulfide) groups is 1. The molecule has 2 aliphatic rings. The number of hydrogen-bond acceptors (Lipinski definition) is 9. The lowest BCUT2D eigenvalue weighted by molar-refractivity contribution is -0.137. The first-order chi connectivity index (χ1) is 22.5. The molecule has 4 aromatic rings. The number of rotatable bonds is 9. The molecule has 0 bridgehead atoms. The monoisotopic (exact) mass is 685 g/mol. The van der Waals surface area contributed by atoms with Crippen molar-refractivity contribution in [2.75, 3.05) is 30.5 Å². The molecule has 3 atom stereocenters. The normalized spacial score (nSPS) is 18.8. The second kappa shape index (κ2) is 12.8. The number of amides is 3. The van der Waals surface area contributed by atoms with Gasteiger partial charge in [0.2, 0.25) is 11.8 Å². The number of fused-ring (bicyclic) bond motifs is 2. The topological polar surface area (TPSA) is 127 Å². The first-order valence-corrected chi connectivity index (χ1v) is 16.0. The zero-order valence-corrected chi connectivity index (χ0v) is 26.4. The van der Waals surface area contributed by atoms with E-state index in [0.29, 0.717) is 26.9 Å². The number of carbonyl (C=O) groups excluding carboxylic acids is 3. The number of methoxy groups -OCH3 is 1. The molecule has 0 unspecified atom stereocenters. The summed E-state index contributed by atoms with van der Waals surface area (Å²) in [7, 11) is 1.51. The molecule has 1 saturated heterocycles. The highest BCUT2D eigenvalue weighted by Crippen LogP contribution is 2.54. The third kappa shape index (κ3) is 6.20. The molecule has 244 valence electrons. The van der Waals surface area contributed by atoms with Crippen molar-refractivity contribution in [3.63, 3.8) is 0 Å². The van der Waals surface area contributed by atoms with E-state index in [-0.39, 0.29) is 23.0 Å². The predicted molar refractivity (Wildman–Crippen MR) is 169 cm³/mol. The number of thiazole rings is 1. The number of H-pyrrole nitrogens is 1. The molecule has 1 fully saturated rings. The molecule has 3 heterocycles. The Hall–Kier alpha value is -4.76. The van der Waals surface area contributed by atoms with E-state index < -0.39 is 58.8 Å². The number of ether oxygens (including phenoxy) is 3. The van der Waals surface area contributed by atoms with Crippen LogP contribution >= 0.6 is 23.1 Å². The van der Waals surface area contributed by atoms with Gasteiger partial charge in [-0.25, -0.2) is 4.90 Å². The summed E-state index contributed by atoms with van der Waals surface area (Å²) < 4.78 is 56.8. The summed E-state index contributed by atoms with van der Waals surface area (Å²) in [6, 6.07) is 15.9. The van der Waals surface area contributed by atoms with Crippen LogP contribution in [0.2, 0.25) is 0 Å². The van der Waals surface area contributed by atoms with Gasteiger partial charge in [-0.15, -0.1) is 0 Å². The molecule has 15 heteroatoms. The SMILES string of the molecule is CCOc1cc([C@@H]2c3sc(=O)[nH]c3S[C@H]3C(=O)N(c4ccc(OC)cc4)C(=O)[C@@H]23)ccc1OCC(=O)Nc1ccccc1C(F)(F)F. The minimum Gasteiger partial charge on any atom is -0.497 e. The fourth-order valence-corrected chi connectivity index (χ4v) is 8.15. The Morgan fingerprint density at radius 1 is 0.979 bits per heavy atom. The standard InChI is InChI=1S/C32H26F3N3O7S2/c1-3-44-22-14-16(8-13-21(22)45-15-23(39)36-20-7-5-4-6-19(20)32(33,34)35)24-25-27(46-28-26(24)47-31(42)37-28)30(41)38(29(25)40)17-9-11-18(43-2)12-10-17/h4-14,24-25,27H,3,15H2,1-2H3,(H,36,39)(H,37,42)/t24-,25-,27+/m0/s1. The van der Waals surface area contributed by atoms with Crippen LogP contribution in [0.5, 0.6) is 17.2 Å². The number of carbonyl (C=O) groups is 3. The van der Waals surface area contributed by atoms with Crippen LogP contribution in [0.4, 0.5) is 24.5 Å². The van der Waals surface area contributed by atoms with Gasteiger partial charge in [-0.1, -0.05) is 41.3 Å². The molecule has 2 N–H and O–H groups in total. The van der Waals surface area contributed by atoms with Crippen LogP contribution in [-0.4, -0.2) is 48.3 Å². The van der Waals surface area contributed by atoms with Gasteiger partial charge in [0.15, 0.2) is 18.1 Å². The number of aromatic nitrogens is 1. The van der Waals surface area contributed by atoms with Crippen molar-refractivity contribution in [1.82, 2.24) is 4.98 Å². The van der Waals surface area contributed by atoms with Gasteiger partial charge in [0.25, 0.3) is 5.91 Å². The summed E-state index contributed by atoms with van der Waals surface area (Å²) in [4.78, 5) is 57.0. The molecule has 0 aliphatic carbocycles. The van der Waals surface area contributed by atoms with E-state index in [0.717, 1.165) is 40.1 Å². The summed E-state index contributed by atoms with van der Waals surface area (Å²) in [6.45, 7) is 1.30. The third-order valence-corrected chi connectivity index (χ3v) is 10.0. The Bertz CT molecular complexity index is 1910. The van der Waals surface area contributed by atoms with Crippen molar-refractivity contribution in [2.45, 2.75) is 29.3 Å². The molecule has 3 aromatic carbocycles. The van der Waals surface area contributed by atoms with Crippen molar-refractivity contribution in [1.29, 1.82) is 0 Å². The van der Waals surface area contributed by atoms with E-state index in [1.807, 2.05) is 0 Å². The number of nitrogens with zero attached hydrogens (tertiary/aromatic N) is 1. The summed E-state index contributed by atoms with van der Waals surface area (Å²) in [5.74, 6) is -2.32. The molecule has 2 aliphatic heterocycles. The van der Waals surface area contributed by atoms with E-state index in [2.05, 4.69) is 10.3 Å². The Morgan fingerprint density at radius 2 is 1.72 bits per heavy atom. The molecule has 0 radical (unpaired) electrons. The molecule has 6 rings (SSSR count). The number of hydrogen-bond donors (Lipinski definition) is 2. The van der Waals surface area contributed by atoms with Crippen LogP contribution in [0, 0.1) is 5.92 Å². The van der Waals surface area contributed by atoms with Crippen LogP contribution in [-0.2, 0) is 20.6 Å². The van der Waals surface area contributed by atoms with E-state index in [1.54, 1.807) is 43.3 Å². The highest BCUT2D eigenvalue weighted by Gasteiger charge is 2.56. The number of nitrogens with one attached hydrogen (secondary N) is 2. The van der Waals surface area contributed by atoms with Crippen LogP contribution in [0.15, 0.2) is 76.6 Å². The quantitative estimate of drug-likeness (QED) is 0.216. The summed E-state index contributed by atoms with van der Waals surface area (Å²) >= 11 is 2.10. The molecule has 0 spiro atoms. The largest absolute Gasteiger partial charge is 0.497 e. The molecule has 3 amide bonds. The number of alkyl halides is 3. The second-order valence-electron chi connectivity index (χ2n) is 10.5. The smallest absolute Gasteiger partial charge is 0.418 e. The molecular weight excluding hydrogens is 659 g/mol. The van der Waals surface area contributed by atoms with E-state index in [4.69, 9.17) is 14.2 Å². The van der Waals surface area contributed by atoms with Gasteiger partial charge in [-0.05, 0) is 61.0 Å². The van der Waals surface area contributed by atoms with Crippen LogP contribution in [0.3, 0.4) is 0 Å². The zero-order chi connectivity index (χ0) is 33.5. The van der Waals surface area contributed by atoms with Crippen LogP contribution < -0.4 is 29.3 Å². The van der Waals surface area contributed by atoms with Crippen molar-refractivity contribution in [2.24, 2.45) is 5.92 Å². The summed E-state index contributed by atoms with van der Waals surface area (Å²) in [5.41, 5.74) is -0.441. The fraction of sp³-hybridized carbons (Fsp3) is 0.250. The van der Waals surface area contributed by atoms with Crippen molar-refractivity contribution < 1.29 is 41.8 Å². The first-order valence-electron chi connectivity index (χ1n) is 14.3. The van der Waals surface area contributed by atoms with Gasteiger partial charge >= 0.3 is 11.0 Å². The first kappa shape index (κ1) is 32.2. The van der Waals surface area contributed by atoms with Gasteiger partial charge in [0, 0.05) is 10.8 Å². The number of para-hydroxylation sites is 1. The minimum absolute atomic E-state index is 0.132. The van der Waals surface area contributed by atoms with Crippen molar-refractivity contribution in [3.05, 3.63) is 92.4 Å². The molecule has 47 heavy (non-hydrogen) atoms. The van der Waals surface area contributed by atoms with Crippen molar-refractivity contribution in [3.8, 4) is 17.2 Å².